The average molecular weight is 553 g/mol. The minimum Gasteiger partial charge on any atom is -0.491 e. The number of hydrogen-bond donors (Lipinski definition) is 1. The third-order valence-corrected chi connectivity index (χ3v) is 7.19. The van der Waals surface area contributed by atoms with E-state index in [0.717, 1.165) is 32.1 Å². The van der Waals surface area contributed by atoms with Gasteiger partial charge in [-0.1, -0.05) is 32.4 Å². The Balaban J connectivity index is 2.51. The van der Waals surface area contributed by atoms with Crippen molar-refractivity contribution in [1.29, 1.82) is 0 Å². The predicted octanol–water partition coefficient (Wildman–Crippen LogP) is 6.63. The second-order valence-electron chi connectivity index (χ2n) is 11.3. The summed E-state index contributed by atoms with van der Waals surface area (Å²) in [7, 11) is 1.15. The van der Waals surface area contributed by atoms with Gasteiger partial charge in [-0.25, -0.2) is 18.6 Å². The lowest BCUT2D eigenvalue weighted by Gasteiger charge is -2.43. The zero-order valence-electron chi connectivity index (χ0n) is 22.9. The third-order valence-electron chi connectivity index (χ3n) is 6.92. The second-order valence-corrected chi connectivity index (χ2v) is 11.7. The number of hydrogen-bond acceptors (Lipinski definition) is 6. The molecule has 1 atom stereocenters. The van der Waals surface area contributed by atoms with Crippen molar-refractivity contribution in [3.63, 3.8) is 0 Å². The molecule has 1 unspecified atom stereocenters. The summed E-state index contributed by atoms with van der Waals surface area (Å²) in [5.74, 6) is -3.83. The van der Waals surface area contributed by atoms with Gasteiger partial charge in [-0.2, -0.15) is 0 Å². The molecule has 1 aliphatic heterocycles. The maximum absolute atomic E-state index is 14.9. The Morgan fingerprint density at radius 1 is 1.21 bits per heavy atom. The van der Waals surface area contributed by atoms with E-state index in [1.807, 2.05) is 4.90 Å². The molecule has 1 saturated heterocycles. The fourth-order valence-corrected chi connectivity index (χ4v) is 5.30. The molecule has 2 heterocycles. The van der Waals surface area contributed by atoms with Crippen molar-refractivity contribution >= 4 is 29.5 Å². The number of piperidine rings is 1. The number of anilines is 1. The number of aromatic nitrogens is 1. The monoisotopic (exact) mass is 552 g/mol. The predicted molar refractivity (Wildman–Crippen MR) is 142 cm³/mol. The summed E-state index contributed by atoms with van der Waals surface area (Å²) >= 11 is 6.69. The van der Waals surface area contributed by atoms with E-state index in [1.54, 1.807) is 27.7 Å². The fraction of sp³-hybridized carbons (Fsp3) is 0.536. The summed E-state index contributed by atoms with van der Waals surface area (Å²) in [6, 6.07) is 2.08. The van der Waals surface area contributed by atoms with Gasteiger partial charge in [0.25, 0.3) is 0 Å². The van der Waals surface area contributed by atoms with Crippen LogP contribution in [0.2, 0.25) is 5.15 Å². The summed E-state index contributed by atoms with van der Waals surface area (Å²) in [6.07, 6.45) is 1.92. The minimum atomic E-state index is -1.97. The van der Waals surface area contributed by atoms with Crippen LogP contribution >= 0.6 is 11.6 Å². The molecule has 208 valence electrons. The van der Waals surface area contributed by atoms with Gasteiger partial charge in [-0.15, -0.1) is 0 Å². The highest BCUT2D eigenvalue weighted by atomic mass is 35.5. The van der Waals surface area contributed by atoms with Gasteiger partial charge in [0.15, 0.2) is 29.3 Å². The van der Waals surface area contributed by atoms with Gasteiger partial charge in [0.2, 0.25) is 0 Å². The van der Waals surface area contributed by atoms with Gasteiger partial charge in [0.1, 0.15) is 10.8 Å². The number of methoxy groups -OCH3 is 1. The van der Waals surface area contributed by atoms with E-state index in [2.05, 4.69) is 18.8 Å². The zero-order chi connectivity index (χ0) is 28.6. The Morgan fingerprint density at radius 3 is 2.18 bits per heavy atom. The molecule has 10 heteroatoms. The highest BCUT2D eigenvalue weighted by Gasteiger charge is 2.49. The molecule has 7 nitrogen and oxygen atoms in total. The number of benzene rings is 1. The highest BCUT2D eigenvalue weighted by Crippen LogP contribution is 2.49. The van der Waals surface area contributed by atoms with Gasteiger partial charge in [-0.05, 0) is 63.1 Å². The Morgan fingerprint density at radius 2 is 1.76 bits per heavy atom. The number of carbonyl (C=O) groups is 2. The summed E-state index contributed by atoms with van der Waals surface area (Å²) in [5.41, 5.74) is -2.65. The van der Waals surface area contributed by atoms with Crippen molar-refractivity contribution in [2.24, 2.45) is 5.41 Å². The van der Waals surface area contributed by atoms with Crippen LogP contribution in [0.5, 0.6) is 5.75 Å². The summed E-state index contributed by atoms with van der Waals surface area (Å²) in [6.45, 7) is 12.1. The summed E-state index contributed by atoms with van der Waals surface area (Å²) < 4.78 is 40.9. The smallest absolute Gasteiger partial charge is 0.340 e. The Kier molecular flexibility index (Phi) is 8.44. The molecule has 0 radical (unpaired) electrons. The lowest BCUT2D eigenvalue weighted by atomic mass is 9.80. The lowest BCUT2D eigenvalue weighted by molar-refractivity contribution is -0.188. The van der Waals surface area contributed by atoms with Crippen LogP contribution in [0.25, 0.3) is 11.1 Å². The molecule has 0 aliphatic carbocycles. The zero-order valence-corrected chi connectivity index (χ0v) is 23.6. The van der Waals surface area contributed by atoms with Crippen molar-refractivity contribution in [3.05, 3.63) is 40.2 Å². The molecule has 1 N–H and O–H groups in total. The Labute approximate surface area is 227 Å². The molecule has 1 aliphatic rings. The number of nitrogens with zero attached hydrogens (tertiary/aromatic N) is 2. The number of ether oxygens (including phenoxy) is 2. The molecule has 0 spiro atoms. The van der Waals surface area contributed by atoms with Gasteiger partial charge in [0, 0.05) is 18.7 Å². The minimum absolute atomic E-state index is 0.000647. The van der Waals surface area contributed by atoms with Crippen molar-refractivity contribution in [3.8, 4) is 16.9 Å². The van der Waals surface area contributed by atoms with E-state index in [4.69, 9.17) is 21.1 Å². The molecule has 3 rings (SSSR count). The van der Waals surface area contributed by atoms with Gasteiger partial charge in [-0.3, -0.25) is 4.79 Å². The molecule has 38 heavy (non-hydrogen) atoms. The number of carboxylic acids is 1. The Bertz CT molecular complexity index is 1210. The van der Waals surface area contributed by atoms with Gasteiger partial charge in [0.05, 0.1) is 24.0 Å². The molecule has 1 aromatic heterocycles. The van der Waals surface area contributed by atoms with E-state index in [-0.39, 0.29) is 45.1 Å². The summed E-state index contributed by atoms with van der Waals surface area (Å²) in [5, 5.41) is 10.4. The first-order chi connectivity index (χ1) is 17.6. The highest BCUT2D eigenvalue weighted by molar-refractivity contribution is 6.31. The van der Waals surface area contributed by atoms with Crippen molar-refractivity contribution in [2.45, 2.75) is 72.0 Å². The largest absolute Gasteiger partial charge is 0.491 e. The van der Waals surface area contributed by atoms with Gasteiger partial charge < -0.3 is 19.5 Å². The number of carboxylic acid groups (broad SMARTS) is 1. The maximum Gasteiger partial charge on any atom is 0.340 e. The van der Waals surface area contributed by atoms with E-state index in [9.17, 15) is 23.5 Å². The van der Waals surface area contributed by atoms with Crippen LogP contribution < -0.4 is 9.64 Å². The number of aldehydes is 1. The van der Waals surface area contributed by atoms with Crippen LogP contribution in [-0.2, 0) is 15.1 Å². The second kappa shape index (κ2) is 10.8. The van der Waals surface area contributed by atoms with Crippen LogP contribution in [0, 0.1) is 17.0 Å². The molecule has 1 aromatic carbocycles. The molecule has 1 fully saturated rings. The topological polar surface area (TPSA) is 89.0 Å². The first-order valence-electron chi connectivity index (χ1n) is 12.5. The first kappa shape index (κ1) is 29.8. The van der Waals surface area contributed by atoms with Crippen LogP contribution in [0.4, 0.5) is 14.5 Å². The first-order valence-corrected chi connectivity index (χ1v) is 12.9. The summed E-state index contributed by atoms with van der Waals surface area (Å²) in [4.78, 5) is 31.4. The quantitative estimate of drug-likeness (QED) is 0.290. The van der Waals surface area contributed by atoms with Crippen LogP contribution in [0.15, 0.2) is 12.1 Å². The van der Waals surface area contributed by atoms with Crippen LogP contribution in [-0.4, -0.2) is 48.1 Å². The third kappa shape index (κ3) is 5.64. The van der Waals surface area contributed by atoms with E-state index in [1.165, 1.54) is 0 Å². The van der Waals surface area contributed by atoms with Gasteiger partial charge >= 0.3 is 5.97 Å². The number of carbonyl (C=O) groups excluding carboxylic acids is 1. The molecule has 0 amide bonds. The van der Waals surface area contributed by atoms with E-state index < -0.39 is 34.6 Å². The lowest BCUT2D eigenvalue weighted by Crippen LogP contribution is -2.46. The fourth-order valence-electron chi connectivity index (χ4n) is 4.96. The molecule has 0 bridgehead atoms. The van der Waals surface area contributed by atoms with E-state index >= 15 is 0 Å². The van der Waals surface area contributed by atoms with Crippen molar-refractivity contribution in [1.82, 2.24) is 4.98 Å². The molecule has 0 saturated carbocycles. The van der Waals surface area contributed by atoms with E-state index in [0.29, 0.717) is 19.4 Å². The normalized spacial score (nSPS) is 17.2. The van der Waals surface area contributed by atoms with Crippen molar-refractivity contribution < 1.29 is 33.0 Å². The SMILES string of the molecule is CCC(OC(C)(C)C)(C(=O)O)c1c(Cl)nc(C=O)c(-c2cc(F)c(OC)c(F)c2)c1N1CCC(C)(C)CC1. The number of aliphatic carboxylic acids is 1. The molecule has 2 aromatic rings. The molecular weight excluding hydrogens is 518 g/mol. The van der Waals surface area contributed by atoms with Crippen LogP contribution in [0.1, 0.15) is 76.9 Å². The van der Waals surface area contributed by atoms with Crippen molar-refractivity contribution in [2.75, 3.05) is 25.1 Å². The number of rotatable bonds is 8. The Hall–Kier alpha value is -2.78. The number of halogens is 3. The maximum atomic E-state index is 14.9. The molecular formula is C28H35ClF2N2O5. The number of pyridine rings is 1. The standard InChI is InChI=1S/C28H35ClF2N2O5/c1-8-28(25(35)36,38-26(2,3)4)21-22(33-11-9-27(5,6)10-12-33)20(19(15-34)32-24(21)29)16-13-17(30)23(37-7)18(31)14-16/h13-15H,8-12H2,1-7H3,(H,35,36). The van der Waals surface area contributed by atoms with Crippen LogP contribution in [0.3, 0.4) is 0 Å². The average Bonchev–Trinajstić information content (AvgIpc) is 2.81.